The summed E-state index contributed by atoms with van der Waals surface area (Å²) in [6.07, 6.45) is 21.6. The van der Waals surface area contributed by atoms with Gasteiger partial charge in [-0.2, -0.15) is 10.5 Å². The topological polar surface area (TPSA) is 148 Å². The molecule has 0 aliphatic heterocycles. The minimum atomic E-state index is 0.132. The van der Waals surface area contributed by atoms with E-state index in [9.17, 15) is 14.7 Å². The molecular weight excluding hydrogens is 835 g/mol. The maximum Gasteiger partial charge on any atom is 0.219 e. The predicted octanol–water partition coefficient (Wildman–Crippen LogP) is 11.9. The summed E-state index contributed by atoms with van der Waals surface area (Å²) < 4.78 is 11.9. The number of nitrogens with one attached hydrogen (secondary N) is 2. The van der Waals surface area contributed by atoms with Crippen LogP contribution in [0, 0.1) is 22.7 Å². The number of unbranched alkanes of at least 4 members (excludes halogenated alkanes) is 14. The number of rotatable bonds is 37. The number of carbonyl (C=O) groups is 2. The molecule has 0 unspecified atom stereocenters. The third-order valence-electron chi connectivity index (χ3n) is 12.1. The van der Waals surface area contributed by atoms with Crippen LogP contribution in [0.2, 0.25) is 0 Å². The molecule has 0 bridgehead atoms. The lowest BCUT2D eigenvalue weighted by atomic mass is 10.0. The fraction of sp³-hybridized carbons (Fsp3) is 0.509. The molecule has 10 nitrogen and oxygen atoms in total. The Balaban J connectivity index is 0.880. The van der Waals surface area contributed by atoms with Gasteiger partial charge in [0.1, 0.15) is 11.5 Å². The molecule has 4 rings (SSSR count). The van der Waals surface area contributed by atoms with E-state index in [1.54, 1.807) is 0 Å². The molecule has 10 heteroatoms. The fourth-order valence-corrected chi connectivity index (χ4v) is 8.11. The van der Waals surface area contributed by atoms with E-state index in [0.717, 1.165) is 150 Å². The number of aliphatic hydroxyl groups is 1. The molecule has 0 saturated carbocycles. The number of hydrogen-bond donors (Lipinski definition) is 3. The molecule has 4 aromatic carbocycles. The summed E-state index contributed by atoms with van der Waals surface area (Å²) in [6.45, 7) is 5.45. The van der Waals surface area contributed by atoms with Crippen molar-refractivity contribution in [2.45, 2.75) is 135 Å². The molecule has 67 heavy (non-hydrogen) atoms. The molecule has 3 N–H and O–H groups in total. The van der Waals surface area contributed by atoms with Crippen LogP contribution in [0.15, 0.2) is 97.1 Å². The number of hydrogen-bond acceptors (Lipinski definition) is 8. The first-order valence-electron chi connectivity index (χ1n) is 25.3. The van der Waals surface area contributed by atoms with E-state index < -0.39 is 0 Å². The molecule has 2 amide bonds. The molecule has 0 aliphatic carbocycles. The van der Waals surface area contributed by atoms with Gasteiger partial charge >= 0.3 is 0 Å². The average Bonchev–Trinajstić information content (AvgIpc) is 3.36. The number of carbonyl (C=O) groups excluding carboxylic acids is 2. The number of benzene rings is 4. The van der Waals surface area contributed by atoms with Crippen LogP contribution < -0.4 is 20.1 Å². The second-order valence-electron chi connectivity index (χ2n) is 17.6. The van der Waals surface area contributed by atoms with E-state index in [0.29, 0.717) is 37.1 Å². The molecule has 0 radical (unpaired) electrons. The van der Waals surface area contributed by atoms with Crippen LogP contribution in [0.3, 0.4) is 0 Å². The first-order valence-corrected chi connectivity index (χ1v) is 25.3. The molecule has 0 spiro atoms. The first kappa shape index (κ1) is 53.9. The van der Waals surface area contributed by atoms with E-state index in [1.807, 2.05) is 72.8 Å². The van der Waals surface area contributed by atoms with Crippen molar-refractivity contribution >= 4 is 11.8 Å². The van der Waals surface area contributed by atoms with Crippen LogP contribution in [-0.2, 0) is 9.59 Å². The van der Waals surface area contributed by atoms with Gasteiger partial charge in [-0.1, -0.05) is 126 Å². The van der Waals surface area contributed by atoms with Crippen LogP contribution in [0.25, 0.3) is 22.3 Å². The molecule has 0 heterocycles. The van der Waals surface area contributed by atoms with Crippen molar-refractivity contribution in [1.82, 2.24) is 15.5 Å². The lowest BCUT2D eigenvalue weighted by Crippen LogP contribution is -2.33. The van der Waals surface area contributed by atoms with Gasteiger partial charge in [0.2, 0.25) is 11.8 Å². The molecule has 4 aromatic rings. The Morgan fingerprint density at radius 1 is 0.433 bits per heavy atom. The van der Waals surface area contributed by atoms with Crippen LogP contribution in [0.4, 0.5) is 0 Å². The lowest BCUT2D eigenvalue weighted by molar-refractivity contribution is -0.122. The quantitative estimate of drug-likeness (QED) is 0.0379. The maximum atomic E-state index is 12.4. The van der Waals surface area contributed by atoms with Crippen LogP contribution in [0.5, 0.6) is 11.5 Å². The van der Waals surface area contributed by atoms with Gasteiger partial charge < -0.3 is 30.1 Å². The van der Waals surface area contributed by atoms with Crippen molar-refractivity contribution in [1.29, 1.82) is 10.5 Å². The fourth-order valence-electron chi connectivity index (χ4n) is 8.11. The van der Waals surface area contributed by atoms with Crippen LogP contribution >= 0.6 is 0 Å². The van der Waals surface area contributed by atoms with Crippen molar-refractivity contribution in [3.63, 3.8) is 0 Å². The van der Waals surface area contributed by atoms with Gasteiger partial charge in [-0.25, -0.2) is 0 Å². The zero-order valence-corrected chi connectivity index (χ0v) is 40.2. The zero-order chi connectivity index (χ0) is 47.4. The van der Waals surface area contributed by atoms with Gasteiger partial charge in [0, 0.05) is 39.1 Å². The summed E-state index contributed by atoms with van der Waals surface area (Å²) in [6, 6.07) is 35.8. The molecular formula is C57H77N5O5. The summed E-state index contributed by atoms with van der Waals surface area (Å²) in [5.74, 6) is 2.03. The lowest BCUT2D eigenvalue weighted by Gasteiger charge is -2.22. The Hall–Kier alpha value is -5.68. The number of amides is 2. The standard InChI is InChI=1S/C57H77N5O5/c58-46-48-22-26-50(27-23-48)52-30-34-54(35-31-52)66-44-15-11-7-3-1-5-9-13-20-56(64)60-38-17-40-62(42-19-43-63)41-18-39-61-57(65)21-14-10-6-2-4-8-12-16-45-67-55-36-32-53(33-37-55)51-28-24-49(47-59)25-29-51/h22-37,63H,1-21,38-45H2,(H,60,64)(H,61,65). The van der Waals surface area contributed by atoms with Crippen molar-refractivity contribution in [3.05, 3.63) is 108 Å². The summed E-state index contributed by atoms with van der Waals surface area (Å²) in [5.41, 5.74) is 5.71. The van der Waals surface area contributed by atoms with Crippen molar-refractivity contribution in [2.24, 2.45) is 0 Å². The smallest absolute Gasteiger partial charge is 0.219 e. The molecule has 0 aliphatic rings. The first-order chi connectivity index (χ1) is 33.0. The Kier molecular flexibility index (Phi) is 27.9. The highest BCUT2D eigenvalue weighted by Crippen LogP contribution is 2.25. The monoisotopic (exact) mass is 912 g/mol. The molecule has 0 fully saturated rings. The Morgan fingerprint density at radius 2 is 0.746 bits per heavy atom. The third-order valence-corrected chi connectivity index (χ3v) is 12.1. The van der Waals surface area contributed by atoms with E-state index in [-0.39, 0.29) is 18.4 Å². The zero-order valence-electron chi connectivity index (χ0n) is 40.2. The van der Waals surface area contributed by atoms with Crippen LogP contribution in [-0.4, -0.2) is 74.4 Å². The second-order valence-corrected chi connectivity index (χ2v) is 17.6. The molecule has 0 atom stereocenters. The largest absolute Gasteiger partial charge is 0.494 e. The van der Waals surface area contributed by atoms with Crippen molar-refractivity contribution < 1.29 is 24.2 Å². The Bertz CT molecular complexity index is 1860. The normalized spacial score (nSPS) is 10.9. The van der Waals surface area contributed by atoms with Gasteiger partial charge in [-0.15, -0.1) is 0 Å². The van der Waals surface area contributed by atoms with Crippen LogP contribution in [0.1, 0.15) is 146 Å². The van der Waals surface area contributed by atoms with Gasteiger partial charge in [0.15, 0.2) is 0 Å². The summed E-state index contributed by atoms with van der Waals surface area (Å²) in [7, 11) is 0. The number of nitriles is 2. The van der Waals surface area contributed by atoms with E-state index in [1.165, 1.54) is 38.5 Å². The van der Waals surface area contributed by atoms with Gasteiger partial charge in [0.25, 0.3) is 0 Å². The summed E-state index contributed by atoms with van der Waals surface area (Å²) >= 11 is 0. The maximum absolute atomic E-state index is 12.4. The highest BCUT2D eigenvalue weighted by atomic mass is 16.5. The van der Waals surface area contributed by atoms with Gasteiger partial charge in [-0.3, -0.25) is 9.59 Å². The highest BCUT2D eigenvalue weighted by Gasteiger charge is 2.08. The van der Waals surface area contributed by atoms with Gasteiger partial charge in [0.05, 0.1) is 36.5 Å². The predicted molar refractivity (Wildman–Crippen MR) is 271 cm³/mol. The highest BCUT2D eigenvalue weighted by molar-refractivity contribution is 5.76. The van der Waals surface area contributed by atoms with E-state index >= 15 is 0 Å². The van der Waals surface area contributed by atoms with Gasteiger partial charge in [-0.05, 0) is 129 Å². The van der Waals surface area contributed by atoms with E-state index in [4.69, 9.17) is 20.0 Å². The average molecular weight is 912 g/mol. The number of ether oxygens (including phenoxy) is 2. The Morgan fingerprint density at radius 3 is 1.09 bits per heavy atom. The van der Waals surface area contributed by atoms with Crippen molar-refractivity contribution in [3.8, 4) is 45.9 Å². The molecule has 0 aromatic heterocycles. The minimum absolute atomic E-state index is 0.132. The number of aliphatic hydroxyl groups excluding tert-OH is 1. The second kappa shape index (κ2) is 34.6. The van der Waals surface area contributed by atoms with E-state index in [2.05, 4.69) is 51.9 Å². The summed E-state index contributed by atoms with van der Waals surface area (Å²) in [5, 5.41) is 33.5. The summed E-state index contributed by atoms with van der Waals surface area (Å²) in [4.78, 5) is 27.2. The molecule has 0 saturated heterocycles. The number of nitrogens with zero attached hydrogens (tertiary/aromatic N) is 3. The SMILES string of the molecule is N#Cc1ccc(-c2ccc(OCCCCCCCCCCC(=O)NCCCN(CCCO)CCCNC(=O)CCCCCCCCCCOc3ccc(-c4ccc(C#N)cc4)cc3)cc2)cc1. The third kappa shape index (κ3) is 24.1. The molecule has 360 valence electrons. The Labute approximate surface area is 402 Å². The van der Waals surface area contributed by atoms with Crippen molar-refractivity contribution in [2.75, 3.05) is 52.5 Å². The minimum Gasteiger partial charge on any atom is -0.494 e.